The van der Waals surface area contributed by atoms with Crippen LogP contribution in [0.25, 0.3) is 0 Å². The minimum absolute atomic E-state index is 0.0976. The number of nitrogens with one attached hydrogen (secondary N) is 2. The summed E-state index contributed by atoms with van der Waals surface area (Å²) >= 11 is 0. The molecule has 0 unspecified atom stereocenters. The van der Waals surface area contributed by atoms with E-state index < -0.39 is 6.09 Å². The molecule has 0 radical (unpaired) electrons. The van der Waals surface area contributed by atoms with E-state index >= 15 is 0 Å². The summed E-state index contributed by atoms with van der Waals surface area (Å²) < 4.78 is 10.9. The maximum absolute atomic E-state index is 12.0. The Hall–Kier alpha value is -1.93. The molecule has 1 aliphatic heterocycles. The number of rotatable bonds is 4. The van der Waals surface area contributed by atoms with Gasteiger partial charge in [-0.05, 0) is 20.8 Å². The van der Waals surface area contributed by atoms with Gasteiger partial charge in [-0.15, -0.1) is 4.68 Å². The van der Waals surface area contributed by atoms with Gasteiger partial charge in [0.15, 0.2) is 0 Å². The zero-order valence-corrected chi connectivity index (χ0v) is 12.6. The lowest BCUT2D eigenvalue weighted by Crippen LogP contribution is -2.31. The molecule has 8 heteroatoms. The number of carbonyl (C=O) groups is 2. The van der Waals surface area contributed by atoms with E-state index in [1.165, 1.54) is 7.11 Å². The van der Waals surface area contributed by atoms with Crippen LogP contribution in [0.1, 0.15) is 32.0 Å². The van der Waals surface area contributed by atoms with Crippen molar-refractivity contribution in [3.8, 4) is 0 Å². The van der Waals surface area contributed by atoms with E-state index in [1.54, 1.807) is 6.92 Å². The highest BCUT2D eigenvalue weighted by Crippen LogP contribution is 2.34. The molecule has 0 aromatic carbocycles. The molecule has 0 spiro atoms. The molecule has 0 bridgehead atoms. The number of amides is 1. The Morgan fingerprint density at radius 2 is 2.19 bits per heavy atom. The summed E-state index contributed by atoms with van der Waals surface area (Å²) in [5, 5.41) is 10.2. The summed E-state index contributed by atoms with van der Waals surface area (Å²) in [6.07, 6.45) is -0.615. The lowest BCUT2D eigenvalue weighted by Gasteiger charge is -2.17. The van der Waals surface area contributed by atoms with Gasteiger partial charge in [-0.25, -0.2) is 4.79 Å². The van der Waals surface area contributed by atoms with Crippen molar-refractivity contribution < 1.29 is 19.1 Å². The Bertz CT molecular complexity index is 565. The summed E-state index contributed by atoms with van der Waals surface area (Å²) in [6.45, 7) is 6.29. The molecule has 8 nitrogen and oxygen atoms in total. The van der Waals surface area contributed by atoms with Crippen molar-refractivity contribution in [2.45, 2.75) is 32.9 Å². The molecule has 0 saturated carbocycles. The number of ether oxygens (including phenoxy) is 2. The number of anilines is 1. The van der Waals surface area contributed by atoms with Crippen LogP contribution in [0.15, 0.2) is 0 Å². The number of hydrogen-bond acceptors (Lipinski definition) is 6. The van der Waals surface area contributed by atoms with Gasteiger partial charge in [0.25, 0.3) is 5.91 Å². The molecule has 116 valence electrons. The monoisotopic (exact) mass is 296 g/mol. The molecule has 2 rings (SSSR count). The second-order valence-electron chi connectivity index (χ2n) is 5.25. The van der Waals surface area contributed by atoms with Crippen LogP contribution in [0, 0.1) is 0 Å². The zero-order chi connectivity index (χ0) is 15.6. The predicted molar refractivity (Wildman–Crippen MR) is 75.0 cm³/mol. The summed E-state index contributed by atoms with van der Waals surface area (Å²) in [5.41, 5.74) is 1.15. The fourth-order valence-corrected chi connectivity index (χ4v) is 2.26. The van der Waals surface area contributed by atoms with E-state index in [-0.39, 0.29) is 24.7 Å². The van der Waals surface area contributed by atoms with E-state index in [0.29, 0.717) is 12.4 Å². The van der Waals surface area contributed by atoms with E-state index in [4.69, 9.17) is 9.47 Å². The minimum atomic E-state index is -0.615. The zero-order valence-electron chi connectivity index (χ0n) is 12.6. The van der Waals surface area contributed by atoms with Crippen LogP contribution in [0.3, 0.4) is 0 Å². The van der Waals surface area contributed by atoms with Gasteiger partial charge >= 0.3 is 6.09 Å². The third kappa shape index (κ3) is 2.91. The van der Waals surface area contributed by atoms with Crippen LogP contribution in [-0.2, 0) is 26.4 Å². The van der Waals surface area contributed by atoms with E-state index in [0.717, 1.165) is 15.9 Å². The summed E-state index contributed by atoms with van der Waals surface area (Å²) in [5.74, 6) is -0.0148. The van der Waals surface area contributed by atoms with Crippen molar-refractivity contribution in [3.05, 3.63) is 11.3 Å². The average molecular weight is 296 g/mol. The molecule has 0 saturated heterocycles. The number of methoxy groups -OCH3 is 1. The molecule has 0 fully saturated rings. The van der Waals surface area contributed by atoms with E-state index in [9.17, 15) is 9.59 Å². The van der Waals surface area contributed by atoms with Crippen LogP contribution in [0.2, 0.25) is 0 Å². The van der Waals surface area contributed by atoms with Crippen molar-refractivity contribution in [1.82, 2.24) is 15.1 Å². The van der Waals surface area contributed by atoms with Gasteiger partial charge in [-0.3, -0.25) is 4.79 Å². The number of aromatic nitrogens is 2. The normalized spacial score (nSPS) is 15.6. The van der Waals surface area contributed by atoms with Crippen LogP contribution < -0.4 is 10.6 Å². The molecule has 2 heterocycles. The van der Waals surface area contributed by atoms with E-state index in [1.807, 2.05) is 13.8 Å². The second kappa shape index (κ2) is 5.82. The number of fused-ring (bicyclic) bond motifs is 1. The van der Waals surface area contributed by atoms with Crippen molar-refractivity contribution in [1.29, 1.82) is 0 Å². The first-order valence-electron chi connectivity index (χ1n) is 6.74. The summed E-state index contributed by atoms with van der Waals surface area (Å²) in [7, 11) is 1.43. The highest BCUT2D eigenvalue weighted by atomic mass is 16.6. The molecule has 1 aliphatic rings. The highest BCUT2D eigenvalue weighted by Gasteiger charge is 2.37. The van der Waals surface area contributed by atoms with Crippen LogP contribution in [0.4, 0.5) is 10.6 Å². The van der Waals surface area contributed by atoms with Gasteiger partial charge in [-0.1, -0.05) is 0 Å². The highest BCUT2D eigenvalue weighted by molar-refractivity contribution is 5.93. The number of carbonyl (C=O) groups excluding carboxylic acids is 2. The summed E-state index contributed by atoms with van der Waals surface area (Å²) in [6, 6.07) is 0. The average Bonchev–Trinajstić information content (AvgIpc) is 2.90. The van der Waals surface area contributed by atoms with Crippen LogP contribution in [-0.4, -0.2) is 42.1 Å². The van der Waals surface area contributed by atoms with Crippen LogP contribution >= 0.6 is 0 Å². The van der Waals surface area contributed by atoms with Gasteiger partial charge < -0.3 is 20.1 Å². The lowest BCUT2D eigenvalue weighted by molar-refractivity contribution is -0.119. The second-order valence-corrected chi connectivity index (χ2v) is 5.25. The van der Waals surface area contributed by atoms with Gasteiger partial charge in [0.2, 0.25) is 0 Å². The fourth-order valence-electron chi connectivity index (χ4n) is 2.26. The molecular formula is C13H20N4O4. The third-order valence-corrected chi connectivity index (χ3v) is 3.26. The Morgan fingerprint density at radius 1 is 1.48 bits per heavy atom. The van der Waals surface area contributed by atoms with Gasteiger partial charge in [0.05, 0.1) is 17.8 Å². The first-order valence-corrected chi connectivity index (χ1v) is 6.74. The van der Waals surface area contributed by atoms with Crippen molar-refractivity contribution >= 4 is 17.8 Å². The van der Waals surface area contributed by atoms with Crippen molar-refractivity contribution in [3.63, 3.8) is 0 Å². The minimum Gasteiger partial charge on any atom is -0.448 e. The topological polar surface area (TPSA) is 94.5 Å². The lowest BCUT2D eigenvalue weighted by atomic mass is 10.0. The Labute approximate surface area is 122 Å². The smallest absolute Gasteiger partial charge is 0.436 e. The largest absolute Gasteiger partial charge is 0.448 e. The summed E-state index contributed by atoms with van der Waals surface area (Å²) in [4.78, 5) is 23.8. The molecule has 2 N–H and O–H groups in total. The number of nitrogens with zero attached hydrogens (tertiary/aromatic N) is 2. The van der Waals surface area contributed by atoms with E-state index in [2.05, 4.69) is 15.7 Å². The molecule has 1 aromatic rings. The van der Waals surface area contributed by atoms with Gasteiger partial charge in [0.1, 0.15) is 12.4 Å². The van der Waals surface area contributed by atoms with Crippen molar-refractivity contribution in [2.24, 2.45) is 0 Å². The fraction of sp³-hybridized carbons (Fsp3) is 0.615. The molecule has 1 aromatic heterocycles. The molecular weight excluding hydrogens is 276 g/mol. The van der Waals surface area contributed by atoms with Crippen molar-refractivity contribution in [2.75, 3.05) is 25.6 Å². The number of hydrogen-bond donors (Lipinski definition) is 2. The molecule has 0 atom stereocenters. The maximum Gasteiger partial charge on any atom is 0.436 e. The first-order chi connectivity index (χ1) is 9.90. The third-order valence-electron chi connectivity index (χ3n) is 3.26. The molecule has 0 aliphatic carbocycles. The predicted octanol–water partition coefficient (Wildman–Crippen LogP) is 0.811. The molecule has 21 heavy (non-hydrogen) atoms. The van der Waals surface area contributed by atoms with Gasteiger partial charge in [-0.2, -0.15) is 5.10 Å². The molecule has 1 amide bonds. The SMILES string of the molecule is CCOC(=O)n1nc2c(c1NC(=O)COC)CNC2(C)C. The van der Waals surface area contributed by atoms with Crippen LogP contribution in [0.5, 0.6) is 0 Å². The Kier molecular flexibility index (Phi) is 4.29. The Balaban J connectivity index is 2.40. The Morgan fingerprint density at radius 3 is 2.81 bits per heavy atom. The van der Waals surface area contributed by atoms with Gasteiger partial charge in [0, 0.05) is 19.2 Å². The first kappa shape index (κ1) is 15.5. The quantitative estimate of drug-likeness (QED) is 0.854. The maximum atomic E-state index is 12.0. The standard InChI is InChI=1S/C13H20N4O4/c1-5-21-12(19)17-11(15-9(18)7-20-4)8-6-14-13(2,3)10(8)16-17/h14H,5-7H2,1-4H3,(H,15,18).